The molecule has 4 nitrogen and oxygen atoms in total. The predicted molar refractivity (Wildman–Crippen MR) is 117 cm³/mol. The minimum Gasteiger partial charge on any atom is -0.349 e. The maximum atomic E-state index is 13.3. The lowest BCUT2D eigenvalue weighted by atomic mass is 10.1. The van der Waals surface area contributed by atoms with Crippen molar-refractivity contribution in [3.63, 3.8) is 0 Å². The van der Waals surface area contributed by atoms with Gasteiger partial charge in [-0.15, -0.1) is 11.3 Å². The lowest BCUT2D eigenvalue weighted by Gasteiger charge is -2.14. The first-order chi connectivity index (χ1) is 14.1. The number of aromatic nitrogens is 2. The maximum Gasteiger partial charge on any atom is 0.230 e. The topological polar surface area (TPSA) is 54.9 Å². The van der Waals surface area contributed by atoms with Gasteiger partial charge < -0.3 is 5.32 Å². The van der Waals surface area contributed by atoms with Crippen LogP contribution in [0, 0.1) is 5.82 Å². The second kappa shape index (κ2) is 8.71. The third-order valence-electron chi connectivity index (χ3n) is 4.51. The van der Waals surface area contributed by atoms with Crippen molar-refractivity contribution in [3.8, 4) is 11.1 Å². The Balaban J connectivity index is 1.51. The highest BCUT2D eigenvalue weighted by Gasteiger charge is 2.16. The molecule has 0 saturated heterocycles. The third kappa shape index (κ3) is 4.46. The summed E-state index contributed by atoms with van der Waals surface area (Å²) in [5, 5.41) is 6.66. The van der Waals surface area contributed by atoms with E-state index >= 15 is 0 Å². The summed E-state index contributed by atoms with van der Waals surface area (Å²) >= 11 is 2.89. The van der Waals surface area contributed by atoms with Gasteiger partial charge in [-0.2, -0.15) is 0 Å². The van der Waals surface area contributed by atoms with E-state index in [-0.39, 0.29) is 23.5 Å². The van der Waals surface area contributed by atoms with Crippen molar-refractivity contribution >= 4 is 39.2 Å². The van der Waals surface area contributed by atoms with Crippen LogP contribution in [0.3, 0.4) is 0 Å². The van der Waals surface area contributed by atoms with Gasteiger partial charge in [0, 0.05) is 10.9 Å². The normalized spacial score (nSPS) is 12.1. The zero-order valence-electron chi connectivity index (χ0n) is 15.6. The first-order valence-corrected chi connectivity index (χ1v) is 10.9. The predicted octanol–water partition coefficient (Wildman–Crippen LogP) is 5.47. The van der Waals surface area contributed by atoms with E-state index in [1.165, 1.54) is 41.6 Å². The van der Waals surface area contributed by atoms with Gasteiger partial charge in [0.2, 0.25) is 5.91 Å². The molecule has 4 rings (SSSR count). The average Bonchev–Trinajstić information content (AvgIpc) is 3.18. The van der Waals surface area contributed by atoms with E-state index in [1.807, 2.05) is 42.6 Å². The number of hydrogen-bond donors (Lipinski definition) is 1. The van der Waals surface area contributed by atoms with Crippen LogP contribution in [0.5, 0.6) is 0 Å². The number of halogens is 1. The molecule has 1 amide bonds. The Hall–Kier alpha value is -2.77. The standard InChI is InChI=1S/C22H18FN3OS2/c1-14(15-5-3-2-4-6-15)26-19(27)12-29-22-20-18(11-28-21(20)24-13-25-22)16-7-9-17(23)10-8-16/h2-11,13-14H,12H2,1H3,(H,26,27). The Morgan fingerprint density at radius 2 is 1.90 bits per heavy atom. The van der Waals surface area contributed by atoms with Gasteiger partial charge in [-0.05, 0) is 30.2 Å². The Bertz CT molecular complexity index is 1130. The summed E-state index contributed by atoms with van der Waals surface area (Å²) in [7, 11) is 0. The molecule has 2 aromatic carbocycles. The number of amides is 1. The number of hydrogen-bond acceptors (Lipinski definition) is 5. The van der Waals surface area contributed by atoms with E-state index in [9.17, 15) is 9.18 Å². The van der Waals surface area contributed by atoms with Gasteiger partial charge in [0.1, 0.15) is 22.0 Å². The number of benzene rings is 2. The molecular weight excluding hydrogens is 405 g/mol. The highest BCUT2D eigenvalue weighted by molar-refractivity contribution is 8.00. The fourth-order valence-electron chi connectivity index (χ4n) is 3.04. The van der Waals surface area contributed by atoms with E-state index in [2.05, 4.69) is 15.3 Å². The molecule has 4 aromatic rings. The summed E-state index contributed by atoms with van der Waals surface area (Å²) in [6, 6.07) is 16.1. The number of carbonyl (C=O) groups excluding carboxylic acids is 1. The molecule has 7 heteroatoms. The van der Waals surface area contributed by atoms with E-state index < -0.39 is 0 Å². The lowest BCUT2D eigenvalue weighted by Crippen LogP contribution is -2.28. The molecule has 0 aliphatic heterocycles. The minimum atomic E-state index is -0.275. The molecule has 0 aliphatic rings. The van der Waals surface area contributed by atoms with Crippen molar-refractivity contribution in [1.82, 2.24) is 15.3 Å². The smallest absolute Gasteiger partial charge is 0.230 e. The van der Waals surface area contributed by atoms with Crippen molar-refractivity contribution in [1.29, 1.82) is 0 Å². The van der Waals surface area contributed by atoms with Crippen molar-refractivity contribution < 1.29 is 9.18 Å². The van der Waals surface area contributed by atoms with Crippen LogP contribution in [0.15, 0.2) is 71.3 Å². The second-order valence-corrected chi connectivity index (χ2v) is 8.33. The average molecular weight is 424 g/mol. The van der Waals surface area contributed by atoms with Crippen LogP contribution in [0.4, 0.5) is 4.39 Å². The van der Waals surface area contributed by atoms with Crippen molar-refractivity contribution in [3.05, 3.63) is 77.7 Å². The molecule has 29 heavy (non-hydrogen) atoms. The number of carbonyl (C=O) groups is 1. The molecule has 0 spiro atoms. The van der Waals surface area contributed by atoms with E-state index in [4.69, 9.17) is 0 Å². The van der Waals surface area contributed by atoms with Gasteiger partial charge in [-0.3, -0.25) is 4.79 Å². The van der Waals surface area contributed by atoms with Gasteiger partial charge in [0.15, 0.2) is 0 Å². The van der Waals surface area contributed by atoms with Gasteiger partial charge in [-0.1, -0.05) is 54.2 Å². The highest BCUT2D eigenvalue weighted by Crippen LogP contribution is 2.37. The zero-order chi connectivity index (χ0) is 20.2. The van der Waals surface area contributed by atoms with Crippen molar-refractivity contribution in [2.24, 2.45) is 0 Å². The fraction of sp³-hybridized carbons (Fsp3) is 0.136. The van der Waals surface area contributed by atoms with Crippen LogP contribution in [-0.4, -0.2) is 21.6 Å². The van der Waals surface area contributed by atoms with E-state index in [0.29, 0.717) is 0 Å². The Morgan fingerprint density at radius 1 is 1.14 bits per heavy atom. The zero-order valence-corrected chi connectivity index (χ0v) is 17.3. The molecule has 0 radical (unpaired) electrons. The maximum absolute atomic E-state index is 13.3. The molecule has 2 aromatic heterocycles. The number of thioether (sulfide) groups is 1. The van der Waals surface area contributed by atoms with Gasteiger partial charge in [-0.25, -0.2) is 14.4 Å². The number of fused-ring (bicyclic) bond motifs is 1. The molecule has 0 aliphatic carbocycles. The van der Waals surface area contributed by atoms with E-state index in [1.54, 1.807) is 12.1 Å². The van der Waals surface area contributed by atoms with Gasteiger partial charge in [0.25, 0.3) is 0 Å². The SMILES string of the molecule is CC(NC(=O)CSc1ncnc2scc(-c3ccc(F)cc3)c12)c1ccccc1. The highest BCUT2D eigenvalue weighted by atomic mass is 32.2. The van der Waals surface area contributed by atoms with Crippen LogP contribution in [0.1, 0.15) is 18.5 Å². The summed E-state index contributed by atoms with van der Waals surface area (Å²) in [4.78, 5) is 22.0. The largest absolute Gasteiger partial charge is 0.349 e. The number of rotatable bonds is 6. The van der Waals surface area contributed by atoms with Gasteiger partial charge >= 0.3 is 0 Å². The van der Waals surface area contributed by atoms with Crippen LogP contribution in [0.25, 0.3) is 21.3 Å². The summed E-state index contributed by atoms with van der Waals surface area (Å²) in [5.41, 5.74) is 2.91. The number of nitrogens with one attached hydrogen (secondary N) is 1. The molecule has 0 fully saturated rings. The minimum absolute atomic E-state index is 0.0586. The van der Waals surface area contributed by atoms with Crippen LogP contribution >= 0.6 is 23.1 Å². The van der Waals surface area contributed by atoms with Crippen LogP contribution < -0.4 is 5.32 Å². The molecule has 1 unspecified atom stereocenters. The van der Waals surface area contributed by atoms with Crippen LogP contribution in [0.2, 0.25) is 0 Å². The Kier molecular flexibility index (Phi) is 5.87. The summed E-state index contributed by atoms with van der Waals surface area (Å²) in [6.07, 6.45) is 1.51. The second-order valence-electron chi connectivity index (χ2n) is 6.50. The summed E-state index contributed by atoms with van der Waals surface area (Å²) < 4.78 is 13.3. The molecule has 146 valence electrons. The molecule has 0 bridgehead atoms. The summed E-state index contributed by atoms with van der Waals surface area (Å²) in [6.45, 7) is 1.96. The Labute approximate surface area is 176 Å². The molecule has 0 saturated carbocycles. The molecular formula is C22H18FN3OS2. The Morgan fingerprint density at radius 3 is 2.66 bits per heavy atom. The number of thiophene rings is 1. The fourth-order valence-corrected chi connectivity index (χ4v) is 4.85. The number of nitrogens with zero attached hydrogens (tertiary/aromatic N) is 2. The van der Waals surface area contributed by atoms with Crippen LogP contribution in [-0.2, 0) is 4.79 Å². The van der Waals surface area contributed by atoms with E-state index in [0.717, 1.165) is 31.9 Å². The monoisotopic (exact) mass is 423 g/mol. The molecule has 2 heterocycles. The third-order valence-corrected chi connectivity index (χ3v) is 6.38. The quantitative estimate of drug-likeness (QED) is 0.330. The van der Waals surface area contributed by atoms with Crippen molar-refractivity contribution in [2.45, 2.75) is 18.0 Å². The first kappa shape index (κ1) is 19.5. The summed E-state index contributed by atoms with van der Waals surface area (Å²) in [5.74, 6) is -0.0813. The first-order valence-electron chi connectivity index (χ1n) is 9.07. The van der Waals surface area contributed by atoms with Crippen molar-refractivity contribution in [2.75, 3.05) is 5.75 Å². The van der Waals surface area contributed by atoms with Gasteiger partial charge in [0.05, 0.1) is 17.2 Å². The molecule has 1 atom stereocenters. The molecule has 1 N–H and O–H groups in total. The lowest BCUT2D eigenvalue weighted by molar-refractivity contribution is -0.119.